The molecule has 0 aliphatic rings. The largest absolute Gasteiger partial charge is 0.506 e. The summed E-state index contributed by atoms with van der Waals surface area (Å²) in [4.78, 5) is 23.4. The lowest BCUT2D eigenvalue weighted by Gasteiger charge is -2.12. The Labute approximate surface area is 126 Å². The highest BCUT2D eigenvalue weighted by Crippen LogP contribution is 2.29. The van der Waals surface area contributed by atoms with Gasteiger partial charge in [0.1, 0.15) is 11.3 Å². The molecular weight excluding hydrogens is 326 g/mol. The van der Waals surface area contributed by atoms with Crippen molar-refractivity contribution in [1.82, 2.24) is 5.32 Å². The lowest BCUT2D eigenvalue weighted by Crippen LogP contribution is -2.35. The second-order valence-electron chi connectivity index (χ2n) is 4.60. The fourth-order valence-electron chi connectivity index (χ4n) is 1.52. The summed E-state index contributed by atoms with van der Waals surface area (Å²) in [5.41, 5.74) is 0.832. The molecule has 0 fully saturated rings. The molecule has 1 rings (SSSR count). The summed E-state index contributed by atoms with van der Waals surface area (Å²) < 4.78 is 5.30. The van der Waals surface area contributed by atoms with Crippen LogP contribution < -0.4 is 5.32 Å². The molecule has 0 aromatic heterocycles. The summed E-state index contributed by atoms with van der Waals surface area (Å²) in [5.74, 6) is -1.28. The molecule has 0 aliphatic carbocycles. The molecule has 1 amide bonds. The molecule has 0 saturated heterocycles. The number of aromatic hydroxyl groups is 1. The molecule has 20 heavy (non-hydrogen) atoms. The highest BCUT2D eigenvalue weighted by atomic mass is 79.9. The lowest BCUT2D eigenvalue weighted by atomic mass is 10.1. The predicted octanol–water partition coefficient (Wildman–Crippen LogP) is 2.53. The first-order valence-corrected chi connectivity index (χ1v) is 7.10. The molecule has 6 heteroatoms. The average molecular weight is 344 g/mol. The van der Waals surface area contributed by atoms with Crippen molar-refractivity contribution in [3.05, 3.63) is 27.7 Å². The zero-order chi connectivity index (χ0) is 15.3. The molecule has 0 spiro atoms. The van der Waals surface area contributed by atoms with Gasteiger partial charge in [-0.1, -0.05) is 6.92 Å². The van der Waals surface area contributed by atoms with Crippen LogP contribution in [0.3, 0.4) is 0 Å². The van der Waals surface area contributed by atoms with Gasteiger partial charge in [0.25, 0.3) is 5.91 Å². The van der Waals surface area contributed by atoms with Gasteiger partial charge in [0.2, 0.25) is 0 Å². The van der Waals surface area contributed by atoms with Crippen LogP contribution in [0.15, 0.2) is 16.6 Å². The number of esters is 1. The molecule has 0 bridgehead atoms. The van der Waals surface area contributed by atoms with Gasteiger partial charge in [0.15, 0.2) is 6.61 Å². The quantitative estimate of drug-likeness (QED) is 0.805. The Morgan fingerprint density at radius 3 is 2.70 bits per heavy atom. The fraction of sp³-hybridized carbons (Fsp3) is 0.429. The van der Waals surface area contributed by atoms with Gasteiger partial charge in [-0.05, 0) is 53.9 Å². The summed E-state index contributed by atoms with van der Waals surface area (Å²) in [5, 5.41) is 12.5. The molecule has 110 valence electrons. The zero-order valence-electron chi connectivity index (χ0n) is 11.7. The molecule has 1 aromatic carbocycles. The Morgan fingerprint density at radius 1 is 1.45 bits per heavy atom. The Kier molecular flexibility index (Phi) is 6.01. The number of aryl methyl sites for hydroxylation is 1. The maximum atomic E-state index is 11.8. The number of nitrogens with one attached hydrogen (secondary N) is 1. The van der Waals surface area contributed by atoms with Crippen molar-refractivity contribution < 1.29 is 19.4 Å². The van der Waals surface area contributed by atoms with E-state index in [1.807, 2.05) is 13.8 Å². The average Bonchev–Trinajstić information content (AvgIpc) is 2.39. The van der Waals surface area contributed by atoms with Gasteiger partial charge in [-0.15, -0.1) is 0 Å². The third kappa shape index (κ3) is 4.52. The molecule has 1 unspecified atom stereocenters. The molecule has 2 N–H and O–H groups in total. The summed E-state index contributed by atoms with van der Waals surface area (Å²) in [6, 6.07) is 3.22. The molecular formula is C14H18BrNO4. The maximum absolute atomic E-state index is 11.8. The Bertz CT molecular complexity index is 516. The summed E-state index contributed by atoms with van der Waals surface area (Å²) in [6.45, 7) is 5.23. The van der Waals surface area contributed by atoms with Crippen LogP contribution in [0.25, 0.3) is 0 Å². The third-order valence-electron chi connectivity index (χ3n) is 2.78. The van der Waals surface area contributed by atoms with Crippen LogP contribution in [-0.2, 0) is 9.53 Å². The van der Waals surface area contributed by atoms with Crippen molar-refractivity contribution in [3.8, 4) is 5.75 Å². The van der Waals surface area contributed by atoms with E-state index >= 15 is 0 Å². The van der Waals surface area contributed by atoms with E-state index in [1.165, 1.54) is 6.07 Å². The van der Waals surface area contributed by atoms with Crippen LogP contribution >= 0.6 is 15.9 Å². The van der Waals surface area contributed by atoms with Crippen molar-refractivity contribution in [3.63, 3.8) is 0 Å². The van der Waals surface area contributed by atoms with Gasteiger partial charge in [-0.25, -0.2) is 4.79 Å². The standard InChI is InChI=1S/C14H18BrNO4/c1-4-9(3)16-12(17)7-20-14(19)10-5-8(2)6-11(15)13(10)18/h5-6,9,18H,4,7H2,1-3H3,(H,16,17). The number of halogens is 1. The summed E-state index contributed by atoms with van der Waals surface area (Å²) >= 11 is 3.15. The number of ether oxygens (including phenoxy) is 1. The minimum atomic E-state index is -0.730. The predicted molar refractivity (Wildman–Crippen MR) is 78.7 cm³/mol. The normalized spacial score (nSPS) is 11.8. The first kappa shape index (κ1) is 16.5. The second-order valence-corrected chi connectivity index (χ2v) is 5.45. The zero-order valence-corrected chi connectivity index (χ0v) is 13.3. The van der Waals surface area contributed by atoms with Gasteiger partial charge in [-0.3, -0.25) is 4.79 Å². The van der Waals surface area contributed by atoms with Crippen molar-refractivity contribution in [1.29, 1.82) is 0 Å². The molecule has 1 atom stereocenters. The number of rotatable bonds is 5. The number of carbonyl (C=O) groups is 2. The maximum Gasteiger partial charge on any atom is 0.342 e. The monoisotopic (exact) mass is 343 g/mol. The molecule has 5 nitrogen and oxygen atoms in total. The van der Waals surface area contributed by atoms with E-state index in [-0.39, 0.29) is 29.9 Å². The van der Waals surface area contributed by atoms with Gasteiger partial charge in [0, 0.05) is 6.04 Å². The van der Waals surface area contributed by atoms with Crippen LogP contribution in [0, 0.1) is 6.92 Å². The van der Waals surface area contributed by atoms with Crippen molar-refractivity contribution in [2.45, 2.75) is 33.2 Å². The van der Waals surface area contributed by atoms with Crippen molar-refractivity contribution in [2.75, 3.05) is 6.61 Å². The minimum Gasteiger partial charge on any atom is -0.506 e. The number of benzene rings is 1. The first-order valence-electron chi connectivity index (χ1n) is 6.30. The highest BCUT2D eigenvalue weighted by molar-refractivity contribution is 9.10. The van der Waals surface area contributed by atoms with Crippen molar-refractivity contribution >= 4 is 27.8 Å². The SMILES string of the molecule is CCC(C)NC(=O)COC(=O)c1cc(C)cc(Br)c1O. The number of hydrogen-bond donors (Lipinski definition) is 2. The number of hydrogen-bond acceptors (Lipinski definition) is 4. The van der Waals surface area contributed by atoms with E-state index in [2.05, 4.69) is 21.2 Å². The number of phenols is 1. The molecule has 0 saturated carbocycles. The van der Waals surface area contributed by atoms with Gasteiger partial charge in [0.05, 0.1) is 4.47 Å². The molecule has 0 heterocycles. The van der Waals surface area contributed by atoms with E-state index in [1.54, 1.807) is 13.0 Å². The highest BCUT2D eigenvalue weighted by Gasteiger charge is 2.17. The topological polar surface area (TPSA) is 75.6 Å². The number of phenolic OH excluding ortho intramolecular Hbond substituents is 1. The molecule has 0 aliphatic heterocycles. The smallest absolute Gasteiger partial charge is 0.342 e. The van der Waals surface area contributed by atoms with E-state index in [4.69, 9.17) is 4.74 Å². The van der Waals surface area contributed by atoms with E-state index in [0.29, 0.717) is 4.47 Å². The Hall–Kier alpha value is -1.56. The third-order valence-corrected chi connectivity index (χ3v) is 3.39. The second kappa shape index (κ2) is 7.28. The lowest BCUT2D eigenvalue weighted by molar-refractivity contribution is -0.124. The van der Waals surface area contributed by atoms with Crippen LogP contribution in [0.2, 0.25) is 0 Å². The number of carbonyl (C=O) groups excluding carboxylic acids is 2. The Balaban J connectivity index is 2.66. The van der Waals surface area contributed by atoms with Crippen molar-refractivity contribution in [2.24, 2.45) is 0 Å². The first-order chi connectivity index (χ1) is 9.35. The van der Waals surface area contributed by atoms with Gasteiger partial charge < -0.3 is 15.2 Å². The summed E-state index contributed by atoms with van der Waals surface area (Å²) in [6.07, 6.45) is 0.797. The fourth-order valence-corrected chi connectivity index (χ4v) is 2.09. The molecule has 0 radical (unpaired) electrons. The van der Waals surface area contributed by atoms with E-state index < -0.39 is 5.97 Å². The molecule has 1 aromatic rings. The number of amides is 1. The van der Waals surface area contributed by atoms with Gasteiger partial charge in [-0.2, -0.15) is 0 Å². The van der Waals surface area contributed by atoms with Crippen LogP contribution in [-0.4, -0.2) is 29.6 Å². The van der Waals surface area contributed by atoms with Gasteiger partial charge >= 0.3 is 5.97 Å². The van der Waals surface area contributed by atoms with E-state index in [9.17, 15) is 14.7 Å². The van der Waals surface area contributed by atoms with E-state index in [0.717, 1.165) is 12.0 Å². The Morgan fingerprint density at radius 2 is 2.10 bits per heavy atom. The van der Waals surface area contributed by atoms with Crippen LogP contribution in [0.1, 0.15) is 36.2 Å². The van der Waals surface area contributed by atoms with Crippen LogP contribution in [0.4, 0.5) is 0 Å². The summed E-state index contributed by atoms with van der Waals surface area (Å²) in [7, 11) is 0. The van der Waals surface area contributed by atoms with Crippen LogP contribution in [0.5, 0.6) is 5.75 Å². The minimum absolute atomic E-state index is 0.0303.